The predicted molar refractivity (Wildman–Crippen MR) is 96.4 cm³/mol. The molecule has 0 aliphatic carbocycles. The molecule has 2 N–H and O–H groups in total. The standard InChI is InChI=1S/C17H10Cl2F2N2O2S/c18-12-4-3-9(6-13(12)19)10-2-1-5-23-17(10)11-7-15(21)16(8-14(11)20)26(22,24)25/h1-8H,(H2,22,24,25). The molecule has 0 aliphatic heterocycles. The fraction of sp³-hybridized carbons (Fsp3) is 0. The normalized spacial score (nSPS) is 11.6. The number of primary sulfonamides is 1. The molecule has 0 amide bonds. The molecule has 0 fully saturated rings. The average molecular weight is 415 g/mol. The van der Waals surface area contributed by atoms with E-state index < -0.39 is 26.6 Å². The third-order valence-corrected chi connectivity index (χ3v) is 5.29. The molecule has 3 aromatic rings. The van der Waals surface area contributed by atoms with E-state index >= 15 is 0 Å². The van der Waals surface area contributed by atoms with Gasteiger partial charge in [-0.1, -0.05) is 35.3 Å². The molecule has 0 bridgehead atoms. The Labute approximate surface area is 158 Å². The molecule has 2 aromatic carbocycles. The van der Waals surface area contributed by atoms with E-state index in [0.29, 0.717) is 22.2 Å². The summed E-state index contributed by atoms with van der Waals surface area (Å²) in [6, 6.07) is 9.34. The molecule has 3 rings (SSSR count). The van der Waals surface area contributed by atoms with Gasteiger partial charge in [-0.05, 0) is 35.9 Å². The molecule has 134 valence electrons. The monoisotopic (exact) mass is 414 g/mol. The number of benzene rings is 2. The molecule has 9 heteroatoms. The summed E-state index contributed by atoms with van der Waals surface area (Å²) in [5.74, 6) is -2.15. The first-order valence-corrected chi connectivity index (χ1v) is 9.41. The molecule has 26 heavy (non-hydrogen) atoms. The maximum absolute atomic E-state index is 14.5. The van der Waals surface area contributed by atoms with Crippen molar-refractivity contribution in [3.05, 3.63) is 70.3 Å². The van der Waals surface area contributed by atoms with Crippen LogP contribution in [0.2, 0.25) is 10.0 Å². The first-order valence-electron chi connectivity index (χ1n) is 7.11. The number of hydrogen-bond acceptors (Lipinski definition) is 3. The van der Waals surface area contributed by atoms with Crippen LogP contribution >= 0.6 is 23.2 Å². The quantitative estimate of drug-likeness (QED) is 0.677. The van der Waals surface area contributed by atoms with Crippen LogP contribution in [0.5, 0.6) is 0 Å². The number of hydrogen-bond donors (Lipinski definition) is 1. The van der Waals surface area contributed by atoms with Gasteiger partial charge in [0.25, 0.3) is 0 Å². The van der Waals surface area contributed by atoms with Gasteiger partial charge in [0.05, 0.1) is 15.7 Å². The molecule has 0 radical (unpaired) electrons. The number of rotatable bonds is 3. The summed E-state index contributed by atoms with van der Waals surface area (Å²) in [6.07, 6.45) is 1.40. The van der Waals surface area contributed by atoms with E-state index in [9.17, 15) is 17.2 Å². The summed E-state index contributed by atoms with van der Waals surface area (Å²) >= 11 is 11.9. The smallest absolute Gasteiger partial charge is 0.241 e. The van der Waals surface area contributed by atoms with Crippen molar-refractivity contribution in [3.63, 3.8) is 0 Å². The lowest BCUT2D eigenvalue weighted by atomic mass is 9.99. The van der Waals surface area contributed by atoms with E-state index in [1.807, 2.05) is 0 Å². The van der Waals surface area contributed by atoms with Crippen molar-refractivity contribution in [2.24, 2.45) is 5.14 Å². The summed E-state index contributed by atoms with van der Waals surface area (Å²) in [4.78, 5) is 3.18. The van der Waals surface area contributed by atoms with Crippen molar-refractivity contribution in [1.29, 1.82) is 0 Å². The summed E-state index contributed by atoms with van der Waals surface area (Å²) in [5, 5.41) is 5.52. The lowest BCUT2D eigenvalue weighted by Gasteiger charge is -2.12. The molecular formula is C17H10Cl2F2N2O2S. The van der Waals surface area contributed by atoms with Crippen molar-refractivity contribution in [2.45, 2.75) is 4.90 Å². The van der Waals surface area contributed by atoms with Crippen molar-refractivity contribution in [2.75, 3.05) is 0 Å². The second kappa shape index (κ2) is 6.92. The molecule has 1 aromatic heterocycles. The van der Waals surface area contributed by atoms with E-state index in [0.717, 1.165) is 6.07 Å². The van der Waals surface area contributed by atoms with Gasteiger partial charge in [-0.15, -0.1) is 0 Å². The zero-order chi connectivity index (χ0) is 19.1. The molecule has 0 saturated heterocycles. The van der Waals surface area contributed by atoms with Gasteiger partial charge in [-0.3, -0.25) is 4.98 Å². The summed E-state index contributed by atoms with van der Waals surface area (Å²) < 4.78 is 51.4. The van der Waals surface area contributed by atoms with Crippen molar-refractivity contribution < 1.29 is 17.2 Å². The first-order chi connectivity index (χ1) is 12.2. The van der Waals surface area contributed by atoms with Crippen LogP contribution in [0.25, 0.3) is 22.4 Å². The minimum absolute atomic E-state index is 0.114. The highest BCUT2D eigenvalue weighted by Crippen LogP contribution is 2.35. The topological polar surface area (TPSA) is 73.1 Å². The fourth-order valence-corrected chi connectivity index (χ4v) is 3.34. The third-order valence-electron chi connectivity index (χ3n) is 3.62. The number of aromatic nitrogens is 1. The maximum Gasteiger partial charge on any atom is 0.241 e. The molecular weight excluding hydrogens is 405 g/mol. The van der Waals surface area contributed by atoms with Crippen LogP contribution in [0.3, 0.4) is 0 Å². The van der Waals surface area contributed by atoms with Gasteiger partial charge in [0.1, 0.15) is 16.5 Å². The third kappa shape index (κ3) is 3.57. The van der Waals surface area contributed by atoms with Gasteiger partial charge in [0, 0.05) is 17.3 Å². The molecule has 1 heterocycles. The zero-order valence-corrected chi connectivity index (χ0v) is 15.2. The Balaban J connectivity index is 2.23. The molecule has 0 aliphatic rings. The SMILES string of the molecule is NS(=O)(=O)c1cc(F)c(-c2ncccc2-c2ccc(Cl)c(Cl)c2)cc1F. The van der Waals surface area contributed by atoms with E-state index in [-0.39, 0.29) is 16.3 Å². The van der Waals surface area contributed by atoms with Crippen LogP contribution in [-0.2, 0) is 10.0 Å². The highest BCUT2D eigenvalue weighted by atomic mass is 35.5. The average Bonchev–Trinajstić information content (AvgIpc) is 2.58. The van der Waals surface area contributed by atoms with Gasteiger partial charge in [0.2, 0.25) is 10.0 Å². The lowest BCUT2D eigenvalue weighted by molar-refractivity contribution is 0.555. The number of nitrogens with zero attached hydrogens (tertiary/aromatic N) is 1. The second-order valence-electron chi connectivity index (χ2n) is 5.34. The molecule has 0 unspecified atom stereocenters. The first kappa shape index (κ1) is 18.7. The molecule has 0 spiro atoms. The largest absolute Gasteiger partial charge is 0.255 e. The van der Waals surface area contributed by atoms with Gasteiger partial charge in [0.15, 0.2) is 0 Å². The van der Waals surface area contributed by atoms with E-state index in [1.54, 1.807) is 30.3 Å². The van der Waals surface area contributed by atoms with E-state index in [2.05, 4.69) is 4.98 Å². The number of nitrogens with two attached hydrogens (primary N) is 1. The van der Waals surface area contributed by atoms with Crippen LogP contribution in [-0.4, -0.2) is 13.4 Å². The Kier molecular flexibility index (Phi) is 4.98. The Bertz CT molecular complexity index is 1120. The molecule has 0 atom stereocenters. The van der Waals surface area contributed by atoms with Crippen LogP contribution in [0, 0.1) is 11.6 Å². The van der Waals surface area contributed by atoms with E-state index in [4.69, 9.17) is 28.3 Å². The molecule has 4 nitrogen and oxygen atoms in total. The highest BCUT2D eigenvalue weighted by Gasteiger charge is 2.21. The number of sulfonamides is 1. The van der Waals surface area contributed by atoms with Crippen molar-refractivity contribution in [3.8, 4) is 22.4 Å². The van der Waals surface area contributed by atoms with Crippen LogP contribution < -0.4 is 5.14 Å². The van der Waals surface area contributed by atoms with Crippen molar-refractivity contribution >= 4 is 33.2 Å². The Morgan fingerprint density at radius 3 is 2.31 bits per heavy atom. The Hall–Kier alpha value is -2.06. The highest BCUT2D eigenvalue weighted by molar-refractivity contribution is 7.89. The summed E-state index contributed by atoms with van der Waals surface area (Å²) in [5.41, 5.74) is 0.949. The van der Waals surface area contributed by atoms with Gasteiger partial charge >= 0.3 is 0 Å². The number of halogens is 4. The fourth-order valence-electron chi connectivity index (χ4n) is 2.44. The Morgan fingerprint density at radius 2 is 1.65 bits per heavy atom. The van der Waals surface area contributed by atoms with Gasteiger partial charge < -0.3 is 0 Å². The van der Waals surface area contributed by atoms with Crippen LogP contribution in [0.4, 0.5) is 8.78 Å². The minimum Gasteiger partial charge on any atom is -0.255 e. The summed E-state index contributed by atoms with van der Waals surface area (Å²) in [6.45, 7) is 0. The second-order valence-corrected chi connectivity index (χ2v) is 7.68. The molecule has 0 saturated carbocycles. The van der Waals surface area contributed by atoms with Crippen molar-refractivity contribution in [1.82, 2.24) is 4.98 Å². The number of pyridine rings is 1. The predicted octanol–water partition coefficient (Wildman–Crippen LogP) is 4.65. The van der Waals surface area contributed by atoms with Crippen LogP contribution in [0.15, 0.2) is 53.6 Å². The Morgan fingerprint density at radius 1 is 0.923 bits per heavy atom. The lowest BCUT2D eigenvalue weighted by Crippen LogP contribution is -2.14. The zero-order valence-electron chi connectivity index (χ0n) is 12.9. The minimum atomic E-state index is -4.40. The van der Waals surface area contributed by atoms with Gasteiger partial charge in [-0.25, -0.2) is 22.3 Å². The van der Waals surface area contributed by atoms with Crippen LogP contribution in [0.1, 0.15) is 0 Å². The maximum atomic E-state index is 14.5. The van der Waals surface area contributed by atoms with Gasteiger partial charge in [-0.2, -0.15) is 0 Å². The summed E-state index contributed by atoms with van der Waals surface area (Å²) in [7, 11) is -4.40. The van der Waals surface area contributed by atoms with E-state index in [1.165, 1.54) is 6.20 Å².